The average Bonchev–Trinajstić information content (AvgIpc) is 3.69. The van der Waals surface area contributed by atoms with Gasteiger partial charge in [0, 0.05) is 32.4 Å². The van der Waals surface area contributed by atoms with Crippen LogP contribution in [0.5, 0.6) is 0 Å². The minimum Gasteiger partial charge on any atom is -0.448 e. The third kappa shape index (κ3) is 5.61. The minimum atomic E-state index is -0.875. The molecule has 4 aromatic rings. The Balaban J connectivity index is 1.01. The van der Waals surface area contributed by atoms with Gasteiger partial charge in [-0.3, -0.25) is 24.5 Å². The van der Waals surface area contributed by atoms with E-state index in [1.807, 2.05) is 24.3 Å². The van der Waals surface area contributed by atoms with E-state index < -0.39 is 36.0 Å². The molecule has 3 heterocycles. The molecule has 3 atom stereocenters. The second kappa shape index (κ2) is 12.0. The van der Waals surface area contributed by atoms with Crippen LogP contribution >= 0.6 is 0 Å². The van der Waals surface area contributed by atoms with E-state index in [2.05, 4.69) is 44.5 Å². The molecule has 1 aliphatic carbocycles. The van der Waals surface area contributed by atoms with Crippen molar-refractivity contribution in [3.63, 3.8) is 0 Å². The number of aliphatic hydroxyl groups is 2. The summed E-state index contributed by atoms with van der Waals surface area (Å²) < 4.78 is 12.8. The van der Waals surface area contributed by atoms with E-state index in [4.69, 9.17) is 9.47 Å². The lowest BCUT2D eigenvalue weighted by molar-refractivity contribution is -0.116. The molecular weight excluding hydrogens is 556 g/mol. The second-order valence-electron chi connectivity index (χ2n) is 10.7. The molecule has 13 nitrogen and oxygen atoms in total. The van der Waals surface area contributed by atoms with E-state index >= 15 is 0 Å². The summed E-state index contributed by atoms with van der Waals surface area (Å²) in [7, 11) is 1.62. The maximum atomic E-state index is 12.7. The van der Waals surface area contributed by atoms with Gasteiger partial charge in [0.15, 0.2) is 11.2 Å². The summed E-state index contributed by atoms with van der Waals surface area (Å²) in [6.07, 6.45) is -0.807. The van der Waals surface area contributed by atoms with Crippen molar-refractivity contribution in [1.82, 2.24) is 24.4 Å². The molecular formula is C30H32N6O7. The van der Waals surface area contributed by atoms with Gasteiger partial charge in [0.25, 0.3) is 5.56 Å². The molecule has 224 valence electrons. The van der Waals surface area contributed by atoms with E-state index in [1.165, 1.54) is 15.8 Å². The number of aliphatic hydroxyl groups excluding tert-OH is 2. The molecule has 6 rings (SSSR count). The number of rotatable bonds is 9. The zero-order valence-electron chi connectivity index (χ0n) is 23.5. The topological polar surface area (TPSA) is 172 Å². The zero-order valence-corrected chi connectivity index (χ0v) is 23.5. The summed E-state index contributed by atoms with van der Waals surface area (Å²) in [4.78, 5) is 50.3. The number of benzene rings is 2. The molecule has 2 amide bonds. The normalized spacial score (nSPS) is 19.3. The van der Waals surface area contributed by atoms with Crippen molar-refractivity contribution in [2.24, 2.45) is 0 Å². The molecule has 0 spiro atoms. The number of carbonyl (C=O) groups excluding carboxylic acids is 2. The summed E-state index contributed by atoms with van der Waals surface area (Å²) >= 11 is 0. The van der Waals surface area contributed by atoms with Gasteiger partial charge >= 0.3 is 6.09 Å². The van der Waals surface area contributed by atoms with Crippen LogP contribution in [0.1, 0.15) is 42.5 Å². The number of amides is 2. The summed E-state index contributed by atoms with van der Waals surface area (Å²) in [6, 6.07) is 16.2. The molecule has 0 unspecified atom stereocenters. The summed E-state index contributed by atoms with van der Waals surface area (Å²) in [5.41, 5.74) is 4.24. The Morgan fingerprint density at radius 2 is 1.86 bits per heavy atom. The number of H-pyrrole nitrogens is 1. The van der Waals surface area contributed by atoms with Crippen LogP contribution in [0.25, 0.3) is 22.3 Å². The van der Waals surface area contributed by atoms with E-state index in [9.17, 15) is 24.6 Å². The van der Waals surface area contributed by atoms with Gasteiger partial charge in [0.1, 0.15) is 18.9 Å². The SMILES string of the molecule is CN(CCCC(=O)Nc1nc2c(ncn2[C@H]2C[C@H](O)[C@@H](CO)O2)c(=O)[nH]1)C(=O)OCC1c2ccccc2-c2ccccc21. The van der Waals surface area contributed by atoms with Crippen LogP contribution in [0.2, 0.25) is 0 Å². The first kappa shape index (κ1) is 28.5. The van der Waals surface area contributed by atoms with E-state index in [-0.39, 0.29) is 55.6 Å². The molecule has 2 aliphatic rings. The van der Waals surface area contributed by atoms with Gasteiger partial charge in [0.2, 0.25) is 11.9 Å². The number of nitrogens with zero attached hydrogens (tertiary/aromatic N) is 4. The predicted octanol–water partition coefficient (Wildman–Crippen LogP) is 2.36. The number of ether oxygens (including phenoxy) is 2. The summed E-state index contributed by atoms with van der Waals surface area (Å²) in [6.45, 7) is 0.143. The van der Waals surface area contributed by atoms with Gasteiger partial charge in [-0.15, -0.1) is 0 Å². The van der Waals surface area contributed by atoms with E-state index in [0.29, 0.717) is 6.42 Å². The smallest absolute Gasteiger partial charge is 0.409 e. The first-order valence-electron chi connectivity index (χ1n) is 14.1. The van der Waals surface area contributed by atoms with Gasteiger partial charge in [-0.2, -0.15) is 4.98 Å². The lowest BCUT2D eigenvalue weighted by Gasteiger charge is -2.19. The van der Waals surface area contributed by atoms with E-state index in [0.717, 1.165) is 22.3 Å². The van der Waals surface area contributed by atoms with Crippen LogP contribution in [0.4, 0.5) is 10.7 Å². The largest absolute Gasteiger partial charge is 0.448 e. The third-order valence-corrected chi connectivity index (χ3v) is 7.93. The Bertz CT molecular complexity index is 1670. The van der Waals surface area contributed by atoms with Gasteiger partial charge in [0.05, 0.1) is 19.0 Å². The molecule has 0 radical (unpaired) electrons. The fraction of sp³-hybridized carbons (Fsp3) is 0.367. The number of fused-ring (bicyclic) bond motifs is 4. The number of nitrogens with one attached hydrogen (secondary N) is 2. The number of hydrogen-bond acceptors (Lipinski definition) is 9. The number of anilines is 1. The highest BCUT2D eigenvalue weighted by atomic mass is 16.6. The molecule has 1 aliphatic heterocycles. The monoisotopic (exact) mass is 588 g/mol. The molecule has 2 aromatic carbocycles. The number of hydrogen-bond donors (Lipinski definition) is 4. The Hall–Kier alpha value is -4.59. The first-order chi connectivity index (χ1) is 20.8. The number of imidazole rings is 1. The lowest BCUT2D eigenvalue weighted by Crippen LogP contribution is -2.30. The van der Waals surface area contributed by atoms with Crippen molar-refractivity contribution in [2.75, 3.05) is 32.1 Å². The van der Waals surface area contributed by atoms with Gasteiger partial charge in [-0.25, -0.2) is 9.78 Å². The van der Waals surface area contributed by atoms with Crippen LogP contribution in [0.3, 0.4) is 0 Å². The summed E-state index contributed by atoms with van der Waals surface area (Å²) in [5, 5.41) is 22.0. The first-order valence-corrected chi connectivity index (χ1v) is 14.1. The Morgan fingerprint density at radius 3 is 2.53 bits per heavy atom. The maximum absolute atomic E-state index is 12.7. The predicted molar refractivity (Wildman–Crippen MR) is 155 cm³/mol. The van der Waals surface area contributed by atoms with Gasteiger partial charge in [-0.05, 0) is 28.7 Å². The number of aromatic amines is 1. The highest BCUT2D eigenvalue weighted by Gasteiger charge is 2.35. The van der Waals surface area contributed by atoms with Crippen LogP contribution in [0.15, 0.2) is 59.7 Å². The number of carbonyl (C=O) groups is 2. The summed E-state index contributed by atoms with van der Waals surface area (Å²) in [5.74, 6) is -0.506. The van der Waals surface area contributed by atoms with Crippen LogP contribution < -0.4 is 10.9 Å². The van der Waals surface area contributed by atoms with Crippen molar-refractivity contribution >= 4 is 29.1 Å². The zero-order chi connectivity index (χ0) is 30.1. The standard InChI is InChI=1S/C30H32N6O7/c1-35(30(41)42-15-21-19-9-4-2-7-17(19)18-8-3-5-10-20(18)21)12-6-11-24(39)32-29-33-27-26(28(40)34-29)31-16-36(27)25-13-22(38)23(14-37)43-25/h2-5,7-10,16,21-23,25,37-38H,6,11-15H2,1H3,(H2,32,33,34,39,40)/t22-,23+,25+/m0/s1. The minimum absolute atomic E-state index is 0.0415. The van der Waals surface area contributed by atoms with Crippen LogP contribution in [-0.4, -0.2) is 85.6 Å². The molecule has 0 saturated carbocycles. The van der Waals surface area contributed by atoms with Crippen LogP contribution in [-0.2, 0) is 14.3 Å². The molecule has 4 N–H and O–H groups in total. The molecule has 1 saturated heterocycles. The highest BCUT2D eigenvalue weighted by Crippen LogP contribution is 2.44. The van der Waals surface area contributed by atoms with Crippen molar-refractivity contribution in [2.45, 2.75) is 43.6 Å². The molecule has 1 fully saturated rings. The molecule has 43 heavy (non-hydrogen) atoms. The number of aromatic nitrogens is 4. The van der Waals surface area contributed by atoms with Gasteiger partial charge in [-0.1, -0.05) is 48.5 Å². The fourth-order valence-electron chi connectivity index (χ4n) is 5.71. The van der Waals surface area contributed by atoms with Crippen LogP contribution in [0, 0.1) is 0 Å². The maximum Gasteiger partial charge on any atom is 0.409 e. The lowest BCUT2D eigenvalue weighted by atomic mass is 9.98. The Labute approximate surface area is 246 Å². The van der Waals surface area contributed by atoms with Crippen molar-refractivity contribution < 1.29 is 29.3 Å². The quantitative estimate of drug-likeness (QED) is 0.229. The molecule has 13 heteroatoms. The fourth-order valence-corrected chi connectivity index (χ4v) is 5.71. The Morgan fingerprint density at radius 1 is 1.16 bits per heavy atom. The average molecular weight is 589 g/mol. The third-order valence-electron chi connectivity index (χ3n) is 7.93. The highest BCUT2D eigenvalue weighted by molar-refractivity contribution is 5.89. The van der Waals surface area contributed by atoms with E-state index in [1.54, 1.807) is 7.05 Å². The second-order valence-corrected chi connectivity index (χ2v) is 10.7. The van der Waals surface area contributed by atoms with Crippen molar-refractivity contribution in [3.05, 3.63) is 76.3 Å². The van der Waals surface area contributed by atoms with Gasteiger partial charge < -0.3 is 24.6 Å². The van der Waals surface area contributed by atoms with Crippen molar-refractivity contribution in [1.29, 1.82) is 0 Å². The molecule has 0 bridgehead atoms. The van der Waals surface area contributed by atoms with Crippen molar-refractivity contribution in [3.8, 4) is 11.1 Å². The Kier molecular flexibility index (Phi) is 7.93. The molecule has 2 aromatic heterocycles.